The molecule has 3 aromatic heterocycles. The number of amidine groups is 3. The smallest absolute Gasteiger partial charge is 0.259 e. The Hall–Kier alpha value is -11.0. The molecule has 0 spiro atoms. The zero-order valence-corrected chi connectivity index (χ0v) is 54.8. The molecule has 492 valence electrons. The predicted molar refractivity (Wildman–Crippen MR) is 369 cm³/mol. The maximum absolute atomic E-state index is 14.8. The average Bonchev–Trinajstić information content (AvgIpc) is 1.20. The van der Waals surface area contributed by atoms with Crippen molar-refractivity contribution in [3.05, 3.63) is 264 Å². The number of nitrogens with zero attached hydrogens (tertiary/aromatic N) is 6. The molecule has 6 heterocycles. The molecule has 0 aliphatic carbocycles. The zero-order valence-electron chi connectivity index (χ0n) is 50.9. The van der Waals surface area contributed by atoms with Crippen LogP contribution in [0.4, 0.5) is 52.1 Å². The van der Waals surface area contributed by atoms with Crippen molar-refractivity contribution in [1.29, 1.82) is 10.8 Å². The Kier molecular flexibility index (Phi) is 22.7. The Bertz CT molecular complexity index is 4510. The van der Waals surface area contributed by atoms with E-state index in [1.165, 1.54) is 73.2 Å². The highest BCUT2D eigenvalue weighted by Gasteiger charge is 2.24. The first-order chi connectivity index (χ1) is 46.7. The molecule has 9 aromatic rings. The summed E-state index contributed by atoms with van der Waals surface area (Å²) in [7, 11) is 0. The van der Waals surface area contributed by atoms with Crippen molar-refractivity contribution in [1.82, 2.24) is 30.1 Å². The predicted octanol–water partition coefficient (Wildman–Crippen LogP) is 13.3. The highest BCUT2D eigenvalue weighted by atomic mass is 79.9. The van der Waals surface area contributed by atoms with E-state index < -0.39 is 58.7 Å². The van der Waals surface area contributed by atoms with Crippen LogP contribution in [-0.2, 0) is 0 Å². The number of aliphatic imine (C=N–C) groups is 1. The van der Waals surface area contributed by atoms with Crippen molar-refractivity contribution in [3.63, 3.8) is 0 Å². The summed E-state index contributed by atoms with van der Waals surface area (Å²) in [6.07, 6.45) is 7.42. The van der Waals surface area contributed by atoms with Crippen molar-refractivity contribution < 1.29 is 46.3 Å². The summed E-state index contributed by atoms with van der Waals surface area (Å²) in [5.74, 6) is -4.10. The van der Waals surface area contributed by atoms with Crippen LogP contribution in [-0.4, -0.2) is 117 Å². The van der Waals surface area contributed by atoms with Gasteiger partial charge >= 0.3 is 0 Å². The van der Waals surface area contributed by atoms with Gasteiger partial charge in [0.2, 0.25) is 0 Å². The van der Waals surface area contributed by atoms with Crippen molar-refractivity contribution in [2.24, 2.45) is 4.99 Å². The largest absolute Gasteiger partial charge is 0.368 e. The van der Waals surface area contributed by atoms with Gasteiger partial charge in [-0.05, 0) is 179 Å². The van der Waals surface area contributed by atoms with Gasteiger partial charge in [0, 0.05) is 88.1 Å². The van der Waals surface area contributed by atoms with E-state index in [9.17, 15) is 46.3 Å². The molecule has 6 aromatic carbocycles. The molecule has 21 nitrogen and oxygen atoms in total. The highest BCUT2D eigenvalue weighted by Crippen LogP contribution is 2.26. The molecule has 2 saturated heterocycles. The molecule has 28 heteroatoms. The van der Waals surface area contributed by atoms with E-state index in [-0.39, 0.29) is 51.0 Å². The van der Waals surface area contributed by atoms with Gasteiger partial charge in [-0.1, -0.05) is 41.9 Å². The van der Waals surface area contributed by atoms with Gasteiger partial charge in [0.1, 0.15) is 58.2 Å². The molecule has 0 atom stereocenters. The maximum Gasteiger partial charge on any atom is 0.259 e. The van der Waals surface area contributed by atoms with E-state index in [2.05, 4.69) is 89.0 Å². The van der Waals surface area contributed by atoms with Crippen molar-refractivity contribution in [2.45, 2.75) is 19.3 Å². The molecular weight excluding hydrogens is 1410 g/mol. The monoisotopic (exact) mass is 1460 g/mol. The number of halogens is 7. The quantitative estimate of drug-likeness (QED) is 0.0263. The van der Waals surface area contributed by atoms with Crippen LogP contribution >= 0.6 is 43.5 Å². The fourth-order valence-corrected chi connectivity index (χ4v) is 10.3. The van der Waals surface area contributed by atoms with Gasteiger partial charge in [-0.2, -0.15) is 0 Å². The van der Waals surface area contributed by atoms with Gasteiger partial charge in [0.25, 0.3) is 35.4 Å². The molecule has 12 rings (SSSR count). The Morgan fingerprint density at radius 3 is 1.24 bits per heavy atom. The van der Waals surface area contributed by atoms with E-state index in [1.807, 2.05) is 9.80 Å². The Morgan fingerprint density at radius 2 is 0.835 bits per heavy atom. The number of anilines is 6. The highest BCUT2D eigenvalue weighted by molar-refractivity contribution is 9.10. The van der Waals surface area contributed by atoms with Gasteiger partial charge in [0.05, 0.1) is 50.9 Å². The number of aromatic nitrogens is 3. The Morgan fingerprint density at radius 1 is 0.433 bits per heavy atom. The lowest BCUT2D eigenvalue weighted by molar-refractivity contribution is 0.100. The number of hydrogen-bond donors (Lipinski definition) is 9. The fourth-order valence-electron chi connectivity index (χ4n) is 9.76. The second-order valence-corrected chi connectivity index (χ2v) is 23.9. The molecule has 0 bridgehead atoms. The summed E-state index contributed by atoms with van der Waals surface area (Å²) in [5, 5.41) is 35.5. The molecule has 2 fully saturated rings. The van der Waals surface area contributed by atoms with E-state index >= 15 is 0 Å². The molecule has 0 saturated carbocycles. The zero-order chi connectivity index (χ0) is 68.7. The van der Waals surface area contributed by atoms with Crippen LogP contribution < -0.4 is 37.2 Å². The van der Waals surface area contributed by atoms with Crippen LogP contribution in [0.2, 0.25) is 5.02 Å². The number of carbonyl (C=O) groups is 6. The summed E-state index contributed by atoms with van der Waals surface area (Å²) in [6, 6.07) is 37.5. The molecule has 6 amide bonds. The molecular formula is C69H56Br2ClF4N15O6. The Balaban J connectivity index is 0.000000158. The van der Waals surface area contributed by atoms with Gasteiger partial charge in [-0.15, -0.1) is 0 Å². The first-order valence-corrected chi connectivity index (χ1v) is 31.8. The van der Waals surface area contributed by atoms with Gasteiger partial charge in [-0.3, -0.25) is 44.6 Å². The summed E-state index contributed by atoms with van der Waals surface area (Å²) in [4.78, 5) is 96.5. The molecule has 3 aliphatic rings. The number of carbonyl (C=O) groups excluding carboxylic acids is 6. The van der Waals surface area contributed by atoms with E-state index in [0.717, 1.165) is 115 Å². The Labute approximate surface area is 573 Å². The number of nitrogens with one attached hydrogen (secondary N) is 9. The summed E-state index contributed by atoms with van der Waals surface area (Å²) >= 11 is 12.3. The second kappa shape index (κ2) is 31.9. The van der Waals surface area contributed by atoms with Gasteiger partial charge in [0.15, 0.2) is 0 Å². The molecule has 3 aliphatic heterocycles. The lowest BCUT2D eigenvalue weighted by Crippen LogP contribution is -2.42. The third-order valence-electron chi connectivity index (χ3n) is 14.9. The minimum absolute atomic E-state index is 0.00819. The number of likely N-dealkylation sites (tertiary alicyclic amines) is 2. The number of rotatable bonds is 15. The van der Waals surface area contributed by atoms with Crippen molar-refractivity contribution in [3.8, 4) is 0 Å². The summed E-state index contributed by atoms with van der Waals surface area (Å²) < 4.78 is 57.8. The molecule has 97 heavy (non-hydrogen) atoms. The van der Waals surface area contributed by atoms with Crippen LogP contribution in [0, 0.1) is 34.1 Å². The molecule has 9 N–H and O–H groups in total. The van der Waals surface area contributed by atoms with Crippen LogP contribution in [0.1, 0.15) is 98.1 Å². The molecule has 0 unspecified atom stereocenters. The lowest BCUT2D eigenvalue weighted by atomic mass is 10.1. The summed E-state index contributed by atoms with van der Waals surface area (Å²) in [5.41, 5.74) is 2.60. The average molecular weight is 1460 g/mol. The van der Waals surface area contributed by atoms with Crippen molar-refractivity contribution >= 4 is 131 Å². The summed E-state index contributed by atoms with van der Waals surface area (Å²) in [6.45, 7) is 4.73. The first-order valence-electron chi connectivity index (χ1n) is 29.8. The first kappa shape index (κ1) is 68.8. The molecule has 0 radical (unpaired) electrons. The maximum atomic E-state index is 14.8. The third-order valence-corrected chi connectivity index (χ3v) is 16.1. The van der Waals surface area contributed by atoms with E-state index in [0.29, 0.717) is 39.2 Å². The third kappa shape index (κ3) is 18.3. The van der Waals surface area contributed by atoms with E-state index in [1.54, 1.807) is 72.8 Å². The topological polar surface area (TPSA) is 292 Å². The number of amides is 6. The van der Waals surface area contributed by atoms with Gasteiger partial charge in [-0.25, -0.2) is 32.5 Å². The van der Waals surface area contributed by atoms with Crippen LogP contribution in [0.25, 0.3) is 0 Å². The SMILES string of the molecule is N=C(c1ccc(C(=O)Nc2ccc(F)cc2C(=O)Nc2ccc(Br)cn2)cc1)N1CCC1.N=C(c1ccc(C(=O)Nc2ccc(F)cc2C(=O)Nc2ccc(Cl)cn2)c(F)c1)N1CCCC1.O=C(Nc1ccc(F)cc1C(=O)Nc1ccc(Br)cn1)c1ccc(C2=NCCN2)cc1. The standard InChI is InChI=1S/C24H20ClF2N5O2.C23H19BrFN5O2.C22H17BrFN5O2/c25-15-4-8-21(29-13-15)31-24(34)18-12-16(26)5-7-20(18)30-23(33)17-6-3-14(11-19(17)27)22(28)32-9-1-2-10-32;24-16-6-9-20(27-13-16)29-23(32)18-12-17(25)7-8-19(18)28-22(31)15-4-2-14(3-5-15)21(26)30-10-1-11-30;23-15-5-8-19(27-12-15)29-22(31)17-11-16(24)6-7-18(17)28-21(30)14-3-1-13(2-4-14)20-25-9-10-26-20/h3-8,11-13,28H,1-2,9-10H2,(H,30,33)(H,29,31,34);2-9,12-13,26H,1,10-11H2,(H,28,31)(H,27,29,32);1-8,11-12H,9-10H2,(H,25,26)(H,28,30)(H,27,29,31). The van der Waals surface area contributed by atoms with Crippen molar-refractivity contribution in [2.75, 3.05) is 71.2 Å². The van der Waals surface area contributed by atoms with Crippen LogP contribution in [0.5, 0.6) is 0 Å². The number of pyridine rings is 3. The number of benzene rings is 6. The normalized spacial score (nSPS) is 12.8. The fraction of sp³-hybridized carbons (Fsp3) is 0.130. The van der Waals surface area contributed by atoms with E-state index in [4.69, 9.17) is 22.4 Å². The van der Waals surface area contributed by atoms with Gasteiger partial charge < -0.3 is 47.0 Å². The van der Waals surface area contributed by atoms with Crippen LogP contribution in [0.3, 0.4) is 0 Å². The van der Waals surface area contributed by atoms with Crippen LogP contribution in [0.15, 0.2) is 190 Å². The second-order valence-electron chi connectivity index (χ2n) is 21.6. The number of hydrogen-bond acceptors (Lipinski definition) is 13. The lowest BCUT2D eigenvalue weighted by Gasteiger charge is -2.33. The minimum atomic E-state index is -0.818. The minimum Gasteiger partial charge on any atom is -0.368 e.